The van der Waals surface area contributed by atoms with Crippen LogP contribution in [0.25, 0.3) is 0 Å². The molecule has 0 heterocycles. The van der Waals surface area contributed by atoms with Gasteiger partial charge in [0.15, 0.2) is 0 Å². The van der Waals surface area contributed by atoms with Gasteiger partial charge in [-0.25, -0.2) is 13.1 Å². The van der Waals surface area contributed by atoms with Gasteiger partial charge in [-0.15, -0.1) is 0 Å². The molecule has 0 aliphatic heterocycles. The van der Waals surface area contributed by atoms with E-state index >= 15 is 0 Å². The average Bonchev–Trinajstić information content (AvgIpc) is 2.82. The monoisotopic (exact) mass is 479 g/mol. The lowest BCUT2D eigenvalue weighted by atomic mass is 10.1. The van der Waals surface area contributed by atoms with Gasteiger partial charge in [0, 0.05) is 30.8 Å². The first-order valence-corrected chi connectivity index (χ1v) is 12.5. The smallest absolute Gasteiger partial charge is 0.251 e. The highest BCUT2D eigenvalue weighted by Crippen LogP contribution is 2.15. The highest BCUT2D eigenvalue weighted by molar-refractivity contribution is 7.89. The van der Waals surface area contributed by atoms with Crippen molar-refractivity contribution < 1.29 is 18.0 Å². The lowest BCUT2D eigenvalue weighted by Gasteiger charge is -2.14. The molecular weight excluding hydrogens is 450 g/mol. The molecule has 0 saturated carbocycles. The van der Waals surface area contributed by atoms with E-state index < -0.39 is 10.0 Å². The molecule has 1 unspecified atom stereocenters. The van der Waals surface area contributed by atoms with E-state index in [1.807, 2.05) is 25.1 Å². The number of carbonyl (C=O) groups is 2. The normalized spacial score (nSPS) is 12.1. The van der Waals surface area contributed by atoms with Gasteiger partial charge < -0.3 is 10.6 Å². The van der Waals surface area contributed by atoms with E-state index in [0.29, 0.717) is 11.3 Å². The first-order chi connectivity index (χ1) is 16.2. The Bertz CT molecular complexity index is 1210. The molecule has 0 saturated heterocycles. The van der Waals surface area contributed by atoms with Gasteiger partial charge in [-0.1, -0.05) is 42.5 Å². The van der Waals surface area contributed by atoms with Gasteiger partial charge in [0.25, 0.3) is 5.91 Å². The SMILES string of the molecule is CC(=O)Nc1ccc(S(=O)(=O)NCc2ccc(C(=O)NC(C)CCc3ccccc3)cc2)cc1. The Hall–Kier alpha value is -3.49. The average molecular weight is 480 g/mol. The lowest BCUT2D eigenvalue weighted by Crippen LogP contribution is -2.32. The summed E-state index contributed by atoms with van der Waals surface area (Å²) < 4.78 is 27.6. The summed E-state index contributed by atoms with van der Waals surface area (Å²) in [6, 6.07) is 22.9. The van der Waals surface area contributed by atoms with Gasteiger partial charge >= 0.3 is 0 Å². The summed E-state index contributed by atoms with van der Waals surface area (Å²) in [5, 5.41) is 5.60. The summed E-state index contributed by atoms with van der Waals surface area (Å²) >= 11 is 0. The standard InChI is InChI=1S/C26H29N3O4S/c1-19(8-9-21-6-4-3-5-7-21)28-26(31)23-12-10-22(11-13-23)18-27-34(32,33)25-16-14-24(15-17-25)29-20(2)30/h3-7,10-17,19,27H,8-9,18H2,1-2H3,(H,28,31)(H,29,30). The third kappa shape index (κ3) is 7.54. The van der Waals surface area contributed by atoms with E-state index in [9.17, 15) is 18.0 Å². The molecule has 0 aliphatic carbocycles. The molecule has 3 rings (SSSR count). The molecule has 3 aromatic carbocycles. The van der Waals surface area contributed by atoms with E-state index in [1.54, 1.807) is 24.3 Å². The topological polar surface area (TPSA) is 104 Å². The molecule has 0 spiro atoms. The molecule has 2 amide bonds. The minimum Gasteiger partial charge on any atom is -0.350 e. The van der Waals surface area contributed by atoms with Crippen LogP contribution in [0.4, 0.5) is 5.69 Å². The molecular formula is C26H29N3O4S. The Balaban J connectivity index is 1.50. The van der Waals surface area contributed by atoms with E-state index in [1.165, 1.54) is 36.8 Å². The number of rotatable bonds is 10. The fraction of sp³-hybridized carbons (Fsp3) is 0.231. The maximum Gasteiger partial charge on any atom is 0.251 e. The summed E-state index contributed by atoms with van der Waals surface area (Å²) in [4.78, 5) is 23.7. The number of hydrogen-bond donors (Lipinski definition) is 3. The van der Waals surface area contributed by atoms with Crippen molar-refractivity contribution in [1.82, 2.24) is 10.0 Å². The molecule has 8 heteroatoms. The highest BCUT2D eigenvalue weighted by Gasteiger charge is 2.14. The molecule has 0 aromatic heterocycles. The van der Waals surface area contributed by atoms with Gasteiger partial charge in [0.1, 0.15) is 0 Å². The number of hydrogen-bond acceptors (Lipinski definition) is 4. The summed E-state index contributed by atoms with van der Waals surface area (Å²) in [6.07, 6.45) is 1.72. The Morgan fingerprint density at radius 3 is 2.12 bits per heavy atom. The number of sulfonamides is 1. The molecule has 0 radical (unpaired) electrons. The van der Waals surface area contributed by atoms with Gasteiger partial charge in [0.05, 0.1) is 4.90 Å². The minimum atomic E-state index is -3.72. The van der Waals surface area contributed by atoms with E-state index in [4.69, 9.17) is 0 Å². The van der Waals surface area contributed by atoms with Crippen LogP contribution in [0.3, 0.4) is 0 Å². The lowest BCUT2D eigenvalue weighted by molar-refractivity contribution is -0.114. The second-order valence-corrected chi connectivity index (χ2v) is 9.89. The zero-order valence-corrected chi connectivity index (χ0v) is 20.1. The largest absolute Gasteiger partial charge is 0.350 e. The van der Waals surface area contributed by atoms with Crippen LogP contribution in [0.2, 0.25) is 0 Å². The summed E-state index contributed by atoms with van der Waals surface area (Å²) in [5.41, 5.74) is 3.01. The van der Waals surface area contributed by atoms with Gasteiger partial charge in [-0.3, -0.25) is 9.59 Å². The van der Waals surface area contributed by atoms with Crippen LogP contribution in [-0.2, 0) is 27.8 Å². The van der Waals surface area contributed by atoms with Gasteiger partial charge in [0.2, 0.25) is 15.9 Å². The van der Waals surface area contributed by atoms with Crippen LogP contribution in [0, 0.1) is 0 Å². The number of aryl methyl sites for hydroxylation is 1. The van der Waals surface area contributed by atoms with Crippen molar-refractivity contribution in [3.05, 3.63) is 95.6 Å². The van der Waals surface area contributed by atoms with Crippen molar-refractivity contribution in [2.24, 2.45) is 0 Å². The fourth-order valence-electron chi connectivity index (χ4n) is 3.36. The molecule has 3 N–H and O–H groups in total. The maximum absolute atomic E-state index is 12.5. The second kappa shape index (κ2) is 11.6. The Kier molecular flexibility index (Phi) is 8.56. The molecule has 178 valence electrons. The van der Waals surface area contributed by atoms with Gasteiger partial charge in [-0.05, 0) is 67.3 Å². The first-order valence-electron chi connectivity index (χ1n) is 11.0. The predicted molar refractivity (Wildman–Crippen MR) is 133 cm³/mol. The van der Waals surface area contributed by atoms with Crippen molar-refractivity contribution in [1.29, 1.82) is 0 Å². The molecule has 0 fully saturated rings. The van der Waals surface area contributed by atoms with Crippen LogP contribution >= 0.6 is 0 Å². The zero-order valence-electron chi connectivity index (χ0n) is 19.2. The van der Waals surface area contributed by atoms with Crippen LogP contribution < -0.4 is 15.4 Å². The number of benzene rings is 3. The van der Waals surface area contributed by atoms with Crippen LogP contribution in [0.15, 0.2) is 83.8 Å². The second-order valence-electron chi connectivity index (χ2n) is 8.13. The summed E-state index contributed by atoms with van der Waals surface area (Å²) in [6.45, 7) is 3.45. The number of anilines is 1. The third-order valence-electron chi connectivity index (χ3n) is 5.25. The predicted octanol–water partition coefficient (Wildman–Crippen LogP) is 3.87. The van der Waals surface area contributed by atoms with Crippen LogP contribution in [-0.4, -0.2) is 26.3 Å². The summed E-state index contributed by atoms with van der Waals surface area (Å²) in [7, 11) is -3.72. The minimum absolute atomic E-state index is 0.0243. The Morgan fingerprint density at radius 2 is 1.50 bits per heavy atom. The Morgan fingerprint density at radius 1 is 0.853 bits per heavy atom. The number of carbonyl (C=O) groups excluding carboxylic acids is 2. The summed E-state index contributed by atoms with van der Waals surface area (Å²) in [5.74, 6) is -0.389. The zero-order chi connectivity index (χ0) is 24.6. The molecule has 3 aromatic rings. The van der Waals surface area contributed by atoms with E-state index in [0.717, 1.165) is 18.4 Å². The number of nitrogens with one attached hydrogen (secondary N) is 3. The number of amides is 2. The van der Waals surface area contributed by atoms with E-state index in [-0.39, 0.29) is 29.3 Å². The molecule has 1 atom stereocenters. The quantitative estimate of drug-likeness (QED) is 0.411. The molecule has 34 heavy (non-hydrogen) atoms. The Labute approximate surface area is 200 Å². The van der Waals surface area contributed by atoms with Crippen molar-refractivity contribution >= 4 is 27.5 Å². The van der Waals surface area contributed by atoms with Crippen molar-refractivity contribution in [3.63, 3.8) is 0 Å². The third-order valence-corrected chi connectivity index (χ3v) is 6.67. The van der Waals surface area contributed by atoms with Gasteiger partial charge in [-0.2, -0.15) is 0 Å². The van der Waals surface area contributed by atoms with Crippen molar-refractivity contribution in [2.75, 3.05) is 5.32 Å². The molecule has 0 aliphatic rings. The first kappa shape index (κ1) is 25.1. The maximum atomic E-state index is 12.5. The van der Waals surface area contributed by atoms with Crippen LogP contribution in [0.5, 0.6) is 0 Å². The van der Waals surface area contributed by atoms with Crippen LogP contribution in [0.1, 0.15) is 41.8 Å². The fourth-order valence-corrected chi connectivity index (χ4v) is 4.38. The highest BCUT2D eigenvalue weighted by atomic mass is 32.2. The molecule has 7 nitrogen and oxygen atoms in total. The molecule has 0 bridgehead atoms. The van der Waals surface area contributed by atoms with E-state index in [2.05, 4.69) is 27.5 Å². The van der Waals surface area contributed by atoms with Crippen molar-refractivity contribution in [3.8, 4) is 0 Å². The van der Waals surface area contributed by atoms with Crippen molar-refractivity contribution in [2.45, 2.75) is 44.2 Å².